The summed E-state index contributed by atoms with van der Waals surface area (Å²) in [5.74, 6) is 0.768. The SMILES string of the molecule is COc1ccccc1C1(CNc2cc([N+](=O)[O-])ccc2S(N)(=O)=O)CCC1. The maximum Gasteiger partial charge on any atom is 0.271 e. The summed E-state index contributed by atoms with van der Waals surface area (Å²) < 4.78 is 29.2. The molecule has 0 saturated heterocycles. The van der Waals surface area contributed by atoms with Gasteiger partial charge in [0.1, 0.15) is 10.6 Å². The molecule has 1 aliphatic carbocycles. The van der Waals surface area contributed by atoms with E-state index in [0.29, 0.717) is 6.54 Å². The topological polar surface area (TPSA) is 125 Å². The lowest BCUT2D eigenvalue weighted by molar-refractivity contribution is -0.384. The summed E-state index contributed by atoms with van der Waals surface area (Å²) >= 11 is 0. The van der Waals surface area contributed by atoms with Gasteiger partial charge in [-0.25, -0.2) is 13.6 Å². The van der Waals surface area contributed by atoms with Crippen LogP contribution in [0.2, 0.25) is 0 Å². The first-order valence-corrected chi connectivity index (χ1v) is 10.0. The van der Waals surface area contributed by atoms with Gasteiger partial charge in [0.05, 0.1) is 17.7 Å². The molecule has 3 N–H and O–H groups in total. The highest BCUT2D eigenvalue weighted by molar-refractivity contribution is 7.89. The molecule has 0 unspecified atom stereocenters. The number of rotatable bonds is 7. The molecule has 9 heteroatoms. The number of nitro groups is 1. The van der Waals surface area contributed by atoms with E-state index in [0.717, 1.165) is 42.7 Å². The Labute approximate surface area is 157 Å². The third-order valence-corrected chi connectivity index (χ3v) is 6.06. The van der Waals surface area contributed by atoms with Crippen molar-refractivity contribution in [2.24, 2.45) is 5.14 Å². The fraction of sp³-hybridized carbons (Fsp3) is 0.333. The van der Waals surface area contributed by atoms with Crippen LogP contribution in [0, 0.1) is 10.1 Å². The lowest BCUT2D eigenvalue weighted by atomic mass is 9.64. The molecule has 0 atom stereocenters. The van der Waals surface area contributed by atoms with Crippen LogP contribution in [0.3, 0.4) is 0 Å². The van der Waals surface area contributed by atoms with Crippen LogP contribution in [0.25, 0.3) is 0 Å². The summed E-state index contributed by atoms with van der Waals surface area (Å²) in [6.45, 7) is 0.414. The molecule has 0 spiro atoms. The van der Waals surface area contributed by atoms with Crippen molar-refractivity contribution in [2.75, 3.05) is 19.0 Å². The molecule has 0 amide bonds. The van der Waals surface area contributed by atoms with Gasteiger partial charge in [-0.2, -0.15) is 0 Å². The zero-order valence-corrected chi connectivity index (χ0v) is 15.7. The Morgan fingerprint density at radius 2 is 1.96 bits per heavy atom. The van der Waals surface area contributed by atoms with E-state index in [2.05, 4.69) is 5.32 Å². The second-order valence-corrected chi connectivity index (χ2v) is 8.20. The van der Waals surface area contributed by atoms with Crippen LogP contribution in [-0.2, 0) is 15.4 Å². The van der Waals surface area contributed by atoms with E-state index in [1.165, 1.54) is 6.07 Å². The number of nitrogens with zero attached hydrogens (tertiary/aromatic N) is 1. The maximum atomic E-state index is 11.9. The Bertz CT molecular complexity index is 971. The summed E-state index contributed by atoms with van der Waals surface area (Å²) in [7, 11) is -2.41. The predicted molar refractivity (Wildman–Crippen MR) is 101 cm³/mol. The van der Waals surface area contributed by atoms with Crippen LogP contribution in [0.4, 0.5) is 11.4 Å². The van der Waals surface area contributed by atoms with Gasteiger partial charge in [-0.3, -0.25) is 10.1 Å². The van der Waals surface area contributed by atoms with E-state index in [4.69, 9.17) is 9.88 Å². The minimum atomic E-state index is -4.02. The molecule has 0 aromatic heterocycles. The number of nitro benzene ring substituents is 1. The van der Waals surface area contributed by atoms with Gasteiger partial charge in [0.2, 0.25) is 10.0 Å². The number of nitrogens with one attached hydrogen (secondary N) is 1. The lowest BCUT2D eigenvalue weighted by Crippen LogP contribution is -2.41. The third-order valence-electron chi connectivity index (χ3n) is 5.09. The fourth-order valence-electron chi connectivity index (χ4n) is 3.51. The highest BCUT2D eigenvalue weighted by atomic mass is 32.2. The zero-order valence-electron chi connectivity index (χ0n) is 14.8. The van der Waals surface area contributed by atoms with Crippen molar-refractivity contribution < 1.29 is 18.1 Å². The lowest BCUT2D eigenvalue weighted by Gasteiger charge is -2.43. The van der Waals surface area contributed by atoms with Crippen molar-refractivity contribution in [1.29, 1.82) is 0 Å². The number of hydrogen-bond donors (Lipinski definition) is 2. The summed E-state index contributed by atoms with van der Waals surface area (Å²) in [4.78, 5) is 10.3. The number of non-ortho nitro benzene ring substituents is 1. The Kier molecular flexibility index (Phi) is 5.07. The summed E-state index contributed by atoms with van der Waals surface area (Å²) in [6, 6.07) is 11.2. The number of nitrogens with two attached hydrogens (primary N) is 1. The Hall–Kier alpha value is -2.65. The summed E-state index contributed by atoms with van der Waals surface area (Å²) in [5.41, 5.74) is 0.735. The molecule has 1 aliphatic rings. The predicted octanol–water partition coefficient (Wildman–Crippen LogP) is 2.78. The van der Waals surface area contributed by atoms with Gasteiger partial charge >= 0.3 is 0 Å². The number of benzene rings is 2. The van der Waals surface area contributed by atoms with Crippen LogP contribution in [0.5, 0.6) is 5.75 Å². The smallest absolute Gasteiger partial charge is 0.271 e. The highest BCUT2D eigenvalue weighted by Gasteiger charge is 2.40. The molecule has 144 valence electrons. The highest BCUT2D eigenvalue weighted by Crippen LogP contribution is 2.47. The summed E-state index contributed by atoms with van der Waals surface area (Å²) in [5, 5.41) is 19.4. The molecule has 27 heavy (non-hydrogen) atoms. The number of methoxy groups -OCH3 is 1. The second kappa shape index (κ2) is 7.16. The number of primary sulfonamides is 1. The molecule has 0 aliphatic heterocycles. The zero-order chi connectivity index (χ0) is 19.7. The largest absolute Gasteiger partial charge is 0.496 e. The number of para-hydroxylation sites is 1. The molecule has 8 nitrogen and oxygen atoms in total. The van der Waals surface area contributed by atoms with Crippen LogP contribution in [0.15, 0.2) is 47.4 Å². The third kappa shape index (κ3) is 3.74. The van der Waals surface area contributed by atoms with Gasteiger partial charge in [-0.1, -0.05) is 24.6 Å². The van der Waals surface area contributed by atoms with Crippen molar-refractivity contribution in [3.8, 4) is 5.75 Å². The molecule has 2 aromatic rings. The number of anilines is 1. The Balaban J connectivity index is 1.95. The van der Waals surface area contributed by atoms with Crippen LogP contribution in [-0.4, -0.2) is 27.0 Å². The Morgan fingerprint density at radius 1 is 1.26 bits per heavy atom. The first kappa shape index (κ1) is 19.1. The van der Waals surface area contributed by atoms with Gasteiger partial charge in [-0.15, -0.1) is 0 Å². The minimum Gasteiger partial charge on any atom is -0.496 e. The van der Waals surface area contributed by atoms with Crippen LogP contribution < -0.4 is 15.2 Å². The van der Waals surface area contributed by atoms with Crippen molar-refractivity contribution in [3.05, 3.63) is 58.1 Å². The molecule has 3 rings (SSSR count). The van der Waals surface area contributed by atoms with E-state index >= 15 is 0 Å². The molecule has 1 saturated carbocycles. The average molecular weight is 391 g/mol. The molecule has 2 aromatic carbocycles. The van der Waals surface area contributed by atoms with Gasteiger partial charge in [-0.05, 0) is 25.0 Å². The maximum absolute atomic E-state index is 11.9. The van der Waals surface area contributed by atoms with Crippen LogP contribution >= 0.6 is 0 Å². The molecule has 0 heterocycles. The van der Waals surface area contributed by atoms with E-state index in [1.807, 2.05) is 24.3 Å². The number of hydrogen-bond acceptors (Lipinski definition) is 6. The van der Waals surface area contributed by atoms with E-state index < -0.39 is 14.9 Å². The van der Waals surface area contributed by atoms with E-state index in [-0.39, 0.29) is 21.7 Å². The van der Waals surface area contributed by atoms with Crippen molar-refractivity contribution in [3.63, 3.8) is 0 Å². The van der Waals surface area contributed by atoms with Crippen LogP contribution in [0.1, 0.15) is 24.8 Å². The average Bonchev–Trinajstić information content (AvgIpc) is 2.60. The monoisotopic (exact) mass is 391 g/mol. The van der Waals surface area contributed by atoms with Crippen molar-refractivity contribution in [1.82, 2.24) is 0 Å². The second-order valence-electron chi connectivity index (χ2n) is 6.67. The van der Waals surface area contributed by atoms with Gasteiger partial charge in [0.25, 0.3) is 5.69 Å². The fourth-order valence-corrected chi connectivity index (χ4v) is 4.21. The molecule has 0 radical (unpaired) electrons. The standard InChI is InChI=1S/C18H21N3O5S/c1-26-16-6-3-2-5-14(16)18(9-4-10-18)12-20-15-11-13(21(22)23)7-8-17(15)27(19,24)25/h2-3,5-8,11,20H,4,9-10,12H2,1H3,(H2,19,24,25). The first-order chi connectivity index (χ1) is 12.8. The number of sulfonamides is 1. The van der Waals surface area contributed by atoms with E-state index in [9.17, 15) is 18.5 Å². The Morgan fingerprint density at radius 3 is 2.52 bits per heavy atom. The van der Waals surface area contributed by atoms with E-state index in [1.54, 1.807) is 7.11 Å². The normalized spacial score (nSPS) is 15.6. The van der Waals surface area contributed by atoms with Gasteiger partial charge < -0.3 is 10.1 Å². The quantitative estimate of drug-likeness (QED) is 0.552. The summed E-state index contributed by atoms with van der Waals surface area (Å²) in [6.07, 6.45) is 2.84. The van der Waals surface area contributed by atoms with Crippen molar-refractivity contribution >= 4 is 21.4 Å². The number of ether oxygens (including phenoxy) is 1. The molecule has 0 bridgehead atoms. The van der Waals surface area contributed by atoms with Gasteiger partial charge in [0, 0.05) is 29.7 Å². The van der Waals surface area contributed by atoms with Gasteiger partial charge in [0.15, 0.2) is 0 Å². The molecule has 1 fully saturated rings. The molecular weight excluding hydrogens is 370 g/mol. The first-order valence-electron chi connectivity index (χ1n) is 8.45. The minimum absolute atomic E-state index is 0.132. The molecular formula is C18H21N3O5S. The van der Waals surface area contributed by atoms with Crippen molar-refractivity contribution in [2.45, 2.75) is 29.6 Å².